The summed E-state index contributed by atoms with van der Waals surface area (Å²) < 4.78 is 7.10. The lowest BCUT2D eigenvalue weighted by molar-refractivity contribution is -0.124. The predicted octanol–water partition coefficient (Wildman–Crippen LogP) is 1.92. The summed E-state index contributed by atoms with van der Waals surface area (Å²) in [4.78, 5) is 27.2. The maximum absolute atomic E-state index is 12.7. The molecule has 9 heteroatoms. The van der Waals surface area contributed by atoms with Crippen LogP contribution in [0.4, 0.5) is 0 Å². The van der Waals surface area contributed by atoms with Gasteiger partial charge in [-0.05, 0) is 51.1 Å². The van der Waals surface area contributed by atoms with Crippen molar-refractivity contribution in [2.75, 3.05) is 26.7 Å². The van der Waals surface area contributed by atoms with E-state index in [1.54, 1.807) is 30.1 Å². The van der Waals surface area contributed by atoms with Crippen molar-refractivity contribution < 1.29 is 14.3 Å². The van der Waals surface area contributed by atoms with Gasteiger partial charge in [0.2, 0.25) is 5.91 Å². The highest BCUT2D eigenvalue weighted by molar-refractivity contribution is 5.94. The summed E-state index contributed by atoms with van der Waals surface area (Å²) in [6.07, 6.45) is 4.99. The lowest BCUT2D eigenvalue weighted by Gasteiger charge is -2.33. The number of hydrogen-bond acceptors (Lipinski definition) is 5. The van der Waals surface area contributed by atoms with Gasteiger partial charge in [-0.15, -0.1) is 12.4 Å². The van der Waals surface area contributed by atoms with E-state index >= 15 is 0 Å². The molecule has 1 atom stereocenters. The molecule has 2 amide bonds. The Hall–Kier alpha value is -2.58. The molecule has 0 radical (unpaired) electrons. The minimum atomic E-state index is -0.438. The fourth-order valence-corrected chi connectivity index (χ4v) is 3.59. The van der Waals surface area contributed by atoms with Gasteiger partial charge in [0.25, 0.3) is 5.91 Å². The van der Waals surface area contributed by atoms with Crippen molar-refractivity contribution >= 4 is 24.2 Å². The van der Waals surface area contributed by atoms with E-state index in [1.165, 1.54) is 0 Å². The molecule has 1 unspecified atom stereocenters. The number of likely N-dealkylation sites (tertiary alicyclic amines) is 1. The zero-order chi connectivity index (χ0) is 20.8. The van der Waals surface area contributed by atoms with Crippen molar-refractivity contribution in [2.24, 2.45) is 7.05 Å². The summed E-state index contributed by atoms with van der Waals surface area (Å²) in [5.41, 5.74) is 1.48. The molecule has 164 valence electrons. The number of amides is 2. The number of aromatic nitrogens is 2. The zero-order valence-electron chi connectivity index (χ0n) is 17.6. The van der Waals surface area contributed by atoms with Crippen LogP contribution < -0.4 is 15.4 Å². The standard InChI is InChI=1S/C21H29N5O3.ClH/c1-4-29-18-7-5-15(6-8-18)21(28)26-11-9-17(10-12-26)24-20(27)19(22-2)16-13-23-25(3)14-16;/h5-8,13-14,17,19,22H,4,9-12H2,1-3H3,(H,24,27);1H. The maximum Gasteiger partial charge on any atom is 0.253 e. The highest BCUT2D eigenvalue weighted by Gasteiger charge is 2.27. The first-order valence-electron chi connectivity index (χ1n) is 10.00. The summed E-state index contributed by atoms with van der Waals surface area (Å²) in [5.74, 6) is 0.705. The minimum Gasteiger partial charge on any atom is -0.494 e. The third-order valence-electron chi connectivity index (χ3n) is 5.15. The number of rotatable bonds is 7. The van der Waals surface area contributed by atoms with Gasteiger partial charge in [0.05, 0.1) is 12.8 Å². The van der Waals surface area contributed by atoms with Gasteiger partial charge >= 0.3 is 0 Å². The third kappa shape index (κ3) is 5.73. The fourth-order valence-electron chi connectivity index (χ4n) is 3.59. The largest absolute Gasteiger partial charge is 0.494 e. The van der Waals surface area contributed by atoms with Gasteiger partial charge < -0.3 is 20.3 Å². The summed E-state index contributed by atoms with van der Waals surface area (Å²) in [5, 5.41) is 10.3. The first-order chi connectivity index (χ1) is 14.0. The van der Waals surface area contributed by atoms with Crippen LogP contribution in [0.1, 0.15) is 41.7 Å². The topological polar surface area (TPSA) is 88.5 Å². The molecule has 0 bridgehead atoms. The Kier molecular flexibility index (Phi) is 8.68. The molecule has 3 rings (SSSR count). The molecule has 1 aliphatic heterocycles. The number of ether oxygens (including phenoxy) is 1. The molecule has 2 N–H and O–H groups in total. The minimum absolute atomic E-state index is 0. The smallest absolute Gasteiger partial charge is 0.253 e. The van der Waals surface area contributed by atoms with Crippen molar-refractivity contribution in [1.82, 2.24) is 25.3 Å². The van der Waals surface area contributed by atoms with Crippen LogP contribution >= 0.6 is 12.4 Å². The highest BCUT2D eigenvalue weighted by Crippen LogP contribution is 2.18. The Morgan fingerprint density at radius 2 is 1.90 bits per heavy atom. The van der Waals surface area contributed by atoms with Crippen molar-refractivity contribution in [3.63, 3.8) is 0 Å². The number of carbonyl (C=O) groups excluding carboxylic acids is 2. The van der Waals surface area contributed by atoms with Crippen LogP contribution in [-0.2, 0) is 11.8 Å². The van der Waals surface area contributed by atoms with Crippen LogP contribution in [-0.4, -0.2) is 59.3 Å². The van der Waals surface area contributed by atoms with Gasteiger partial charge in [0, 0.05) is 43.5 Å². The van der Waals surface area contributed by atoms with Gasteiger partial charge in [0.15, 0.2) is 0 Å². The second kappa shape index (κ2) is 11.0. The molecule has 1 fully saturated rings. The van der Waals surface area contributed by atoms with Crippen LogP contribution in [0, 0.1) is 0 Å². The molecule has 1 aliphatic rings. The second-order valence-corrected chi connectivity index (χ2v) is 7.20. The maximum atomic E-state index is 12.7. The molecule has 0 aliphatic carbocycles. The van der Waals surface area contributed by atoms with Gasteiger partial charge in [-0.1, -0.05) is 0 Å². The number of nitrogens with one attached hydrogen (secondary N) is 2. The second-order valence-electron chi connectivity index (χ2n) is 7.20. The monoisotopic (exact) mass is 435 g/mol. The van der Waals surface area contributed by atoms with Crippen LogP contribution in [0.5, 0.6) is 5.75 Å². The molecular formula is C21H30ClN5O3. The molecule has 1 aromatic carbocycles. The number of halogens is 1. The third-order valence-corrected chi connectivity index (χ3v) is 5.15. The van der Waals surface area contributed by atoms with Crippen LogP contribution in [0.15, 0.2) is 36.7 Å². The number of aryl methyl sites for hydroxylation is 1. The van der Waals surface area contributed by atoms with E-state index in [2.05, 4.69) is 15.7 Å². The fraction of sp³-hybridized carbons (Fsp3) is 0.476. The average molecular weight is 436 g/mol. The first kappa shape index (κ1) is 23.7. The number of benzene rings is 1. The van der Waals surface area contributed by atoms with Crippen LogP contribution in [0.25, 0.3) is 0 Å². The van der Waals surface area contributed by atoms with E-state index in [0.29, 0.717) is 25.3 Å². The Balaban J connectivity index is 0.00000320. The van der Waals surface area contributed by atoms with Gasteiger partial charge in [0.1, 0.15) is 11.8 Å². The van der Waals surface area contributed by atoms with Crippen molar-refractivity contribution in [2.45, 2.75) is 31.8 Å². The van der Waals surface area contributed by atoms with Crippen molar-refractivity contribution in [3.8, 4) is 5.75 Å². The summed E-state index contributed by atoms with van der Waals surface area (Å²) in [6, 6.07) is 6.85. The molecule has 1 aromatic heterocycles. The predicted molar refractivity (Wildman–Crippen MR) is 117 cm³/mol. The van der Waals surface area contributed by atoms with E-state index < -0.39 is 6.04 Å². The number of nitrogens with zero attached hydrogens (tertiary/aromatic N) is 3. The Morgan fingerprint density at radius 1 is 1.23 bits per heavy atom. The SMILES string of the molecule is CCOc1ccc(C(=O)N2CCC(NC(=O)C(NC)c3cnn(C)c3)CC2)cc1.Cl. The number of piperidine rings is 1. The van der Waals surface area contributed by atoms with Crippen LogP contribution in [0.3, 0.4) is 0 Å². The first-order valence-corrected chi connectivity index (χ1v) is 10.00. The lowest BCUT2D eigenvalue weighted by atomic mass is 10.0. The van der Waals surface area contributed by atoms with E-state index in [1.807, 2.05) is 37.2 Å². The average Bonchev–Trinajstić information content (AvgIpc) is 3.15. The summed E-state index contributed by atoms with van der Waals surface area (Å²) >= 11 is 0. The number of likely N-dealkylation sites (N-methyl/N-ethyl adjacent to an activating group) is 1. The lowest BCUT2D eigenvalue weighted by Crippen LogP contribution is -2.48. The van der Waals surface area contributed by atoms with E-state index in [9.17, 15) is 9.59 Å². The Bertz CT molecular complexity index is 831. The molecular weight excluding hydrogens is 406 g/mol. The van der Waals surface area contributed by atoms with Crippen molar-refractivity contribution in [1.29, 1.82) is 0 Å². The zero-order valence-corrected chi connectivity index (χ0v) is 18.4. The summed E-state index contributed by atoms with van der Waals surface area (Å²) in [6.45, 7) is 3.77. The quantitative estimate of drug-likeness (QED) is 0.693. The van der Waals surface area contributed by atoms with E-state index in [4.69, 9.17) is 4.74 Å². The molecule has 1 saturated heterocycles. The molecule has 8 nitrogen and oxygen atoms in total. The van der Waals surface area contributed by atoms with E-state index in [0.717, 1.165) is 24.2 Å². The summed E-state index contributed by atoms with van der Waals surface area (Å²) in [7, 11) is 3.58. The highest BCUT2D eigenvalue weighted by atomic mass is 35.5. The van der Waals surface area contributed by atoms with Gasteiger partial charge in [-0.25, -0.2) is 0 Å². The Labute approximate surface area is 183 Å². The van der Waals surface area contributed by atoms with Crippen molar-refractivity contribution in [3.05, 3.63) is 47.8 Å². The normalized spacial score (nSPS) is 15.2. The van der Waals surface area contributed by atoms with Gasteiger partial charge in [-0.3, -0.25) is 14.3 Å². The number of hydrogen-bond donors (Lipinski definition) is 2. The molecule has 30 heavy (non-hydrogen) atoms. The molecule has 0 spiro atoms. The molecule has 2 aromatic rings. The number of carbonyl (C=O) groups is 2. The van der Waals surface area contributed by atoms with Gasteiger partial charge in [-0.2, -0.15) is 5.10 Å². The Morgan fingerprint density at radius 3 is 2.43 bits per heavy atom. The van der Waals surface area contributed by atoms with E-state index in [-0.39, 0.29) is 30.3 Å². The van der Waals surface area contributed by atoms with Crippen LogP contribution in [0.2, 0.25) is 0 Å². The molecule has 0 saturated carbocycles. The molecule has 2 heterocycles.